The van der Waals surface area contributed by atoms with Gasteiger partial charge in [-0.15, -0.1) is 0 Å². The van der Waals surface area contributed by atoms with Gasteiger partial charge in [0.1, 0.15) is 5.82 Å². The molecule has 2 nitrogen and oxygen atoms in total. The number of hydrazine groups is 1. The van der Waals surface area contributed by atoms with Crippen LogP contribution in [0.1, 0.15) is 29.7 Å². The van der Waals surface area contributed by atoms with E-state index in [4.69, 9.17) is 17.4 Å². The van der Waals surface area contributed by atoms with Gasteiger partial charge < -0.3 is 0 Å². The van der Waals surface area contributed by atoms with E-state index in [0.717, 1.165) is 17.5 Å². The predicted molar refractivity (Wildman–Crippen MR) is 76.4 cm³/mol. The molecule has 0 aliphatic rings. The SMILES string of the molecule is CCc1ccc(C(NN)c2ccc(Cl)c(F)c2)cc1. The highest BCUT2D eigenvalue weighted by Crippen LogP contribution is 2.25. The monoisotopic (exact) mass is 278 g/mol. The van der Waals surface area contributed by atoms with Crippen molar-refractivity contribution in [2.75, 3.05) is 0 Å². The summed E-state index contributed by atoms with van der Waals surface area (Å²) in [5.41, 5.74) is 5.69. The summed E-state index contributed by atoms with van der Waals surface area (Å²) < 4.78 is 13.5. The first-order chi connectivity index (χ1) is 9.15. The maximum Gasteiger partial charge on any atom is 0.142 e. The summed E-state index contributed by atoms with van der Waals surface area (Å²) in [6, 6.07) is 12.5. The van der Waals surface area contributed by atoms with Crippen LogP contribution in [0.15, 0.2) is 42.5 Å². The Morgan fingerprint density at radius 3 is 2.32 bits per heavy atom. The average molecular weight is 279 g/mol. The predicted octanol–water partition coefficient (Wildman–Crippen LogP) is 3.59. The molecule has 2 rings (SSSR count). The molecular formula is C15H16ClFN2. The van der Waals surface area contributed by atoms with Gasteiger partial charge in [0.25, 0.3) is 0 Å². The zero-order chi connectivity index (χ0) is 13.8. The zero-order valence-corrected chi connectivity index (χ0v) is 11.4. The van der Waals surface area contributed by atoms with Crippen molar-refractivity contribution in [1.82, 2.24) is 5.43 Å². The normalized spacial score (nSPS) is 12.4. The molecule has 1 atom stereocenters. The van der Waals surface area contributed by atoms with Gasteiger partial charge in [0.2, 0.25) is 0 Å². The molecule has 2 aromatic carbocycles. The second-order valence-electron chi connectivity index (χ2n) is 4.37. The van der Waals surface area contributed by atoms with E-state index in [1.54, 1.807) is 6.07 Å². The summed E-state index contributed by atoms with van der Waals surface area (Å²) >= 11 is 5.69. The molecule has 100 valence electrons. The molecule has 0 saturated carbocycles. The van der Waals surface area contributed by atoms with Crippen LogP contribution in [0.2, 0.25) is 5.02 Å². The first-order valence-electron chi connectivity index (χ1n) is 6.15. The molecule has 3 N–H and O–H groups in total. The average Bonchev–Trinajstić information content (AvgIpc) is 2.44. The smallest absolute Gasteiger partial charge is 0.142 e. The van der Waals surface area contributed by atoms with Gasteiger partial charge in [-0.1, -0.05) is 48.9 Å². The molecule has 19 heavy (non-hydrogen) atoms. The molecule has 1 unspecified atom stereocenters. The number of benzene rings is 2. The minimum atomic E-state index is -0.440. The van der Waals surface area contributed by atoms with Gasteiger partial charge in [0, 0.05) is 0 Å². The Balaban J connectivity index is 2.34. The van der Waals surface area contributed by atoms with Gasteiger partial charge in [0.15, 0.2) is 0 Å². The summed E-state index contributed by atoms with van der Waals surface area (Å²) in [4.78, 5) is 0. The van der Waals surface area contributed by atoms with Crippen LogP contribution < -0.4 is 11.3 Å². The summed E-state index contributed by atoms with van der Waals surface area (Å²) in [5.74, 6) is 5.15. The van der Waals surface area contributed by atoms with Crippen molar-refractivity contribution in [2.45, 2.75) is 19.4 Å². The van der Waals surface area contributed by atoms with Crippen LogP contribution in [0.25, 0.3) is 0 Å². The number of hydrogen-bond donors (Lipinski definition) is 2. The molecular weight excluding hydrogens is 263 g/mol. The molecule has 0 aliphatic heterocycles. The second-order valence-corrected chi connectivity index (χ2v) is 4.78. The third-order valence-electron chi connectivity index (χ3n) is 3.16. The lowest BCUT2D eigenvalue weighted by molar-refractivity contribution is 0.605. The van der Waals surface area contributed by atoms with Gasteiger partial charge >= 0.3 is 0 Å². The number of hydrogen-bond acceptors (Lipinski definition) is 2. The fourth-order valence-corrected chi connectivity index (χ4v) is 2.14. The van der Waals surface area contributed by atoms with Gasteiger partial charge in [-0.2, -0.15) is 0 Å². The Hall–Kier alpha value is -1.42. The van der Waals surface area contributed by atoms with E-state index < -0.39 is 5.82 Å². The number of aryl methyl sites for hydroxylation is 1. The Morgan fingerprint density at radius 2 is 1.79 bits per heavy atom. The van der Waals surface area contributed by atoms with E-state index in [9.17, 15) is 4.39 Å². The van der Waals surface area contributed by atoms with E-state index >= 15 is 0 Å². The van der Waals surface area contributed by atoms with Crippen LogP contribution in [0.5, 0.6) is 0 Å². The summed E-state index contributed by atoms with van der Waals surface area (Å²) in [5, 5.41) is 0.112. The standard InChI is InChI=1S/C15H16ClFN2/c1-2-10-3-5-11(6-4-10)15(19-18)12-7-8-13(16)14(17)9-12/h3-9,15,19H,2,18H2,1H3. The Bertz CT molecular complexity index is 555. The third-order valence-corrected chi connectivity index (χ3v) is 3.47. The molecule has 0 aliphatic carbocycles. The van der Waals surface area contributed by atoms with E-state index in [0.29, 0.717) is 0 Å². The lowest BCUT2D eigenvalue weighted by Crippen LogP contribution is -2.28. The molecule has 0 spiro atoms. The van der Waals surface area contributed by atoms with Gasteiger partial charge in [-0.25, -0.2) is 9.82 Å². The number of rotatable bonds is 4. The molecule has 0 bridgehead atoms. The molecule has 4 heteroatoms. The minimum absolute atomic E-state index is 0.112. The van der Waals surface area contributed by atoms with Crippen LogP contribution >= 0.6 is 11.6 Å². The van der Waals surface area contributed by atoms with Crippen LogP contribution in [0.4, 0.5) is 4.39 Å². The molecule has 0 fully saturated rings. The summed E-state index contributed by atoms with van der Waals surface area (Å²) in [7, 11) is 0. The van der Waals surface area contributed by atoms with Crippen LogP contribution in [0.3, 0.4) is 0 Å². The van der Waals surface area contributed by atoms with Gasteiger partial charge in [-0.05, 0) is 35.2 Å². The van der Waals surface area contributed by atoms with Crippen molar-refractivity contribution < 1.29 is 4.39 Å². The first-order valence-corrected chi connectivity index (χ1v) is 6.53. The maximum atomic E-state index is 13.5. The van der Waals surface area contributed by atoms with Crippen molar-refractivity contribution in [2.24, 2.45) is 5.84 Å². The molecule has 0 amide bonds. The Kier molecular flexibility index (Phi) is 4.53. The van der Waals surface area contributed by atoms with Gasteiger partial charge in [0.05, 0.1) is 11.1 Å². The third kappa shape index (κ3) is 3.13. The van der Waals surface area contributed by atoms with E-state index in [-0.39, 0.29) is 11.1 Å². The molecule has 0 heterocycles. The molecule has 0 saturated heterocycles. The lowest BCUT2D eigenvalue weighted by Gasteiger charge is -2.17. The first kappa shape index (κ1) is 14.0. The largest absolute Gasteiger partial charge is 0.271 e. The van der Waals surface area contributed by atoms with Crippen molar-refractivity contribution in [3.8, 4) is 0 Å². The Labute approximate surface area is 117 Å². The summed E-state index contributed by atoms with van der Waals surface area (Å²) in [6.07, 6.45) is 0.983. The maximum absolute atomic E-state index is 13.5. The highest BCUT2D eigenvalue weighted by atomic mass is 35.5. The number of nitrogens with one attached hydrogen (secondary N) is 1. The molecule has 0 radical (unpaired) electrons. The van der Waals surface area contributed by atoms with Crippen molar-refractivity contribution >= 4 is 11.6 Å². The van der Waals surface area contributed by atoms with Crippen molar-refractivity contribution in [3.05, 3.63) is 70.0 Å². The van der Waals surface area contributed by atoms with Crippen LogP contribution in [0, 0.1) is 5.82 Å². The fraction of sp³-hybridized carbons (Fsp3) is 0.200. The zero-order valence-electron chi connectivity index (χ0n) is 10.7. The van der Waals surface area contributed by atoms with Crippen LogP contribution in [-0.2, 0) is 6.42 Å². The minimum Gasteiger partial charge on any atom is -0.271 e. The fourth-order valence-electron chi connectivity index (χ4n) is 2.02. The second kappa shape index (κ2) is 6.15. The number of nitrogens with two attached hydrogens (primary N) is 1. The quantitative estimate of drug-likeness (QED) is 0.662. The van der Waals surface area contributed by atoms with E-state index in [1.165, 1.54) is 17.7 Å². The molecule has 2 aromatic rings. The number of halogens is 2. The molecule has 0 aromatic heterocycles. The highest BCUT2D eigenvalue weighted by molar-refractivity contribution is 6.30. The van der Waals surface area contributed by atoms with Crippen LogP contribution in [-0.4, -0.2) is 0 Å². The Morgan fingerprint density at radius 1 is 1.16 bits per heavy atom. The summed E-state index contributed by atoms with van der Waals surface area (Å²) in [6.45, 7) is 2.10. The van der Waals surface area contributed by atoms with E-state index in [2.05, 4.69) is 12.3 Å². The van der Waals surface area contributed by atoms with E-state index in [1.807, 2.05) is 24.3 Å². The van der Waals surface area contributed by atoms with Crippen molar-refractivity contribution in [3.63, 3.8) is 0 Å². The highest BCUT2D eigenvalue weighted by Gasteiger charge is 2.14. The van der Waals surface area contributed by atoms with Gasteiger partial charge in [-0.3, -0.25) is 5.84 Å². The van der Waals surface area contributed by atoms with Crippen molar-refractivity contribution in [1.29, 1.82) is 0 Å². The lowest BCUT2D eigenvalue weighted by atomic mass is 9.98. The topological polar surface area (TPSA) is 38.0 Å².